The number of carbonyl (C=O) groups is 3. The van der Waals surface area contributed by atoms with Crippen molar-refractivity contribution in [3.63, 3.8) is 0 Å². The number of amides is 2. The zero-order valence-corrected chi connectivity index (χ0v) is 29.1. The number of para-hydroxylation sites is 1. The molecule has 0 fully saturated rings. The van der Waals surface area contributed by atoms with Gasteiger partial charge in [0, 0.05) is 54.9 Å². The summed E-state index contributed by atoms with van der Waals surface area (Å²) in [5.74, 6) is -3.45. The molecular formula is C40H39N4O7P. The summed E-state index contributed by atoms with van der Waals surface area (Å²) in [4.78, 5) is 54.8. The van der Waals surface area contributed by atoms with Gasteiger partial charge in [-0.3, -0.25) is 4.79 Å². The Morgan fingerprint density at radius 3 is 2.15 bits per heavy atom. The molecule has 2 amide bonds. The zero-order chi connectivity index (χ0) is 36.3. The average Bonchev–Trinajstić information content (AvgIpc) is 3.81. The molecule has 0 aliphatic carbocycles. The van der Waals surface area contributed by atoms with Gasteiger partial charge in [0.25, 0.3) is 0 Å². The lowest BCUT2D eigenvalue weighted by atomic mass is 9.97. The molecule has 0 bridgehead atoms. The van der Waals surface area contributed by atoms with Crippen LogP contribution in [0.15, 0.2) is 132 Å². The van der Waals surface area contributed by atoms with Crippen LogP contribution in [0.4, 0.5) is 4.79 Å². The van der Waals surface area contributed by atoms with Crippen LogP contribution in [0, 0.1) is 5.92 Å². The molecule has 5 N–H and O–H groups in total. The van der Waals surface area contributed by atoms with Crippen LogP contribution in [-0.2, 0) is 40.2 Å². The topological polar surface area (TPSA) is 167 Å². The van der Waals surface area contributed by atoms with Crippen molar-refractivity contribution >= 4 is 37.0 Å². The molecule has 52 heavy (non-hydrogen) atoms. The smallest absolute Gasteiger partial charge is 0.408 e. The summed E-state index contributed by atoms with van der Waals surface area (Å²) in [6, 6.07) is 34.3. The van der Waals surface area contributed by atoms with Crippen molar-refractivity contribution in [2.45, 2.75) is 37.7 Å². The van der Waals surface area contributed by atoms with Crippen LogP contribution in [-0.4, -0.2) is 56.1 Å². The number of nitrogens with zero attached hydrogens (tertiary/aromatic N) is 1. The summed E-state index contributed by atoms with van der Waals surface area (Å²) in [5, 5.41) is 20.9. The fourth-order valence-corrected chi connectivity index (χ4v) is 7.75. The summed E-state index contributed by atoms with van der Waals surface area (Å²) in [5.41, 5.74) is 5.22. The highest BCUT2D eigenvalue weighted by atomic mass is 31.1. The van der Waals surface area contributed by atoms with Gasteiger partial charge in [-0.05, 0) is 35.6 Å². The second-order valence-electron chi connectivity index (χ2n) is 12.5. The van der Waals surface area contributed by atoms with Gasteiger partial charge >= 0.3 is 12.1 Å². The Kier molecular flexibility index (Phi) is 12.1. The molecule has 4 aromatic carbocycles. The van der Waals surface area contributed by atoms with E-state index < -0.39 is 43.9 Å². The number of nitrogens with one attached hydrogen (secondary N) is 3. The minimum atomic E-state index is -2.06. The van der Waals surface area contributed by atoms with Gasteiger partial charge in [-0.1, -0.05) is 114 Å². The van der Waals surface area contributed by atoms with Crippen LogP contribution in [0.3, 0.4) is 0 Å². The number of carboxylic acids is 1. The van der Waals surface area contributed by atoms with E-state index in [-0.39, 0.29) is 32.0 Å². The van der Waals surface area contributed by atoms with Crippen molar-refractivity contribution in [2.24, 2.45) is 5.92 Å². The van der Waals surface area contributed by atoms with E-state index in [1.54, 1.807) is 6.20 Å². The van der Waals surface area contributed by atoms with E-state index in [1.807, 2.05) is 115 Å². The Bertz CT molecular complexity index is 2070. The first kappa shape index (κ1) is 36.0. The minimum Gasteiger partial charge on any atom is -0.480 e. The molecule has 1 unspecified atom stereocenters. The van der Waals surface area contributed by atoms with Crippen molar-refractivity contribution in [3.8, 4) is 11.3 Å². The van der Waals surface area contributed by atoms with E-state index in [4.69, 9.17) is 9.26 Å². The van der Waals surface area contributed by atoms with Crippen molar-refractivity contribution in [1.82, 2.24) is 20.8 Å². The number of carboxylic acid groups (broad SMARTS) is 1. The van der Waals surface area contributed by atoms with E-state index in [1.165, 1.54) is 6.26 Å². The molecule has 2 heterocycles. The zero-order valence-electron chi connectivity index (χ0n) is 28.2. The van der Waals surface area contributed by atoms with Crippen molar-refractivity contribution in [2.75, 3.05) is 6.16 Å². The van der Waals surface area contributed by atoms with Crippen molar-refractivity contribution in [1.29, 1.82) is 0 Å². The standard InChI is InChI=1S/C40H39N4O7P/c45-38(42-35(39(46)47)22-30-23-41-34-19-11-10-18-33(30)34)32(21-31-25-51-44-37(31)29-16-8-3-9-17-29)26-52(49)36(20-27-12-4-1-5-13-27)43-40(48)50-24-28-14-6-2-7-15-28/h1-19,23,25,32,35-36,41,49H,20-22,24,26H2,(H,42,45)(H,43,48)(H,46,47)/t32-,35-,36+,52?/m0/s1. The Morgan fingerprint density at radius 2 is 1.44 bits per heavy atom. The van der Waals surface area contributed by atoms with E-state index in [0.717, 1.165) is 33.2 Å². The molecule has 266 valence electrons. The molecule has 0 aliphatic heterocycles. The second kappa shape index (κ2) is 17.4. The summed E-state index contributed by atoms with van der Waals surface area (Å²) in [7, 11) is -2.06. The number of benzene rings is 4. The number of aliphatic carboxylic acids is 1. The van der Waals surface area contributed by atoms with Gasteiger partial charge in [0.05, 0.1) is 5.78 Å². The lowest BCUT2D eigenvalue weighted by Gasteiger charge is -2.28. The fraction of sp³-hybridized carbons (Fsp3) is 0.200. The predicted octanol–water partition coefficient (Wildman–Crippen LogP) is 6.68. The van der Waals surface area contributed by atoms with Gasteiger partial charge < -0.3 is 34.9 Å². The molecule has 0 radical (unpaired) electrons. The molecule has 0 spiro atoms. The number of rotatable bonds is 16. The first-order chi connectivity index (χ1) is 25.3. The molecular weight excluding hydrogens is 679 g/mol. The molecule has 4 atom stereocenters. The Hall–Kier alpha value is -5.77. The Labute approximate surface area is 301 Å². The predicted molar refractivity (Wildman–Crippen MR) is 198 cm³/mol. The monoisotopic (exact) mass is 718 g/mol. The van der Waals surface area contributed by atoms with Gasteiger partial charge in [0.1, 0.15) is 24.6 Å². The number of H-pyrrole nitrogens is 1. The number of hydrogen-bond acceptors (Lipinski definition) is 7. The van der Waals surface area contributed by atoms with E-state index in [0.29, 0.717) is 11.3 Å². The van der Waals surface area contributed by atoms with E-state index >= 15 is 0 Å². The minimum absolute atomic E-state index is 0.0413. The quantitative estimate of drug-likeness (QED) is 0.0692. The van der Waals surface area contributed by atoms with Crippen LogP contribution in [0.5, 0.6) is 0 Å². The lowest BCUT2D eigenvalue weighted by molar-refractivity contribution is -0.142. The third-order valence-electron chi connectivity index (χ3n) is 8.78. The third-order valence-corrected chi connectivity index (χ3v) is 10.6. The van der Waals surface area contributed by atoms with E-state index in [2.05, 4.69) is 20.8 Å². The van der Waals surface area contributed by atoms with Crippen molar-refractivity contribution in [3.05, 3.63) is 150 Å². The SMILES string of the molecule is O=C(N[C@@H](Cc1ccccc1)P(O)C[C@H](Cc1conc1-c1ccccc1)C(=O)N[C@@H](Cc1c[nH]c2ccccc12)C(=O)O)OCc1ccccc1. The molecule has 12 heteroatoms. The molecule has 6 rings (SSSR count). The van der Waals surface area contributed by atoms with Gasteiger partial charge in [-0.25, -0.2) is 9.59 Å². The molecule has 0 aliphatic rings. The lowest BCUT2D eigenvalue weighted by Crippen LogP contribution is -2.46. The number of fused-ring (bicyclic) bond motifs is 1. The molecule has 2 aromatic heterocycles. The number of aromatic nitrogens is 2. The number of aromatic amines is 1. The summed E-state index contributed by atoms with van der Waals surface area (Å²) in [6.45, 7) is 0.0435. The number of hydrogen-bond donors (Lipinski definition) is 5. The Balaban J connectivity index is 1.25. The molecule has 0 saturated heterocycles. The average molecular weight is 719 g/mol. The van der Waals surface area contributed by atoms with Gasteiger partial charge in [0.2, 0.25) is 5.91 Å². The van der Waals surface area contributed by atoms with Gasteiger partial charge in [-0.2, -0.15) is 0 Å². The van der Waals surface area contributed by atoms with Gasteiger partial charge in [0.15, 0.2) is 0 Å². The maximum absolute atomic E-state index is 14.2. The summed E-state index contributed by atoms with van der Waals surface area (Å²) < 4.78 is 10.8. The maximum atomic E-state index is 14.2. The van der Waals surface area contributed by atoms with Crippen LogP contribution >= 0.6 is 8.15 Å². The number of ether oxygens (including phenoxy) is 1. The molecule has 0 saturated carbocycles. The first-order valence-electron chi connectivity index (χ1n) is 16.9. The van der Waals surface area contributed by atoms with Crippen LogP contribution in [0.25, 0.3) is 22.2 Å². The van der Waals surface area contributed by atoms with Gasteiger partial charge in [-0.15, -0.1) is 0 Å². The normalized spacial score (nSPS) is 13.5. The summed E-state index contributed by atoms with van der Waals surface area (Å²) in [6.07, 6.45) is 2.85. The number of alkyl carbamates (subject to hydrolysis) is 1. The third kappa shape index (κ3) is 9.51. The van der Waals surface area contributed by atoms with Crippen LogP contribution < -0.4 is 10.6 Å². The Morgan fingerprint density at radius 1 is 0.788 bits per heavy atom. The highest BCUT2D eigenvalue weighted by molar-refractivity contribution is 7.52. The largest absolute Gasteiger partial charge is 0.480 e. The molecule has 6 aromatic rings. The number of carbonyl (C=O) groups excluding carboxylic acids is 2. The highest BCUT2D eigenvalue weighted by Gasteiger charge is 2.33. The highest BCUT2D eigenvalue weighted by Crippen LogP contribution is 2.40. The fourth-order valence-electron chi connectivity index (χ4n) is 6.07. The van der Waals surface area contributed by atoms with Crippen molar-refractivity contribution < 1.29 is 33.6 Å². The molecule has 11 nitrogen and oxygen atoms in total. The summed E-state index contributed by atoms with van der Waals surface area (Å²) >= 11 is 0. The second-order valence-corrected chi connectivity index (χ2v) is 14.3. The maximum Gasteiger partial charge on any atom is 0.408 e. The van der Waals surface area contributed by atoms with E-state index in [9.17, 15) is 24.4 Å². The first-order valence-corrected chi connectivity index (χ1v) is 18.4. The van der Waals surface area contributed by atoms with Crippen LogP contribution in [0.2, 0.25) is 0 Å². The van der Waals surface area contributed by atoms with Crippen LogP contribution in [0.1, 0.15) is 22.3 Å².